The number of carboxylic acids is 1. The first-order valence-corrected chi connectivity index (χ1v) is 33.7. The Morgan fingerprint density at radius 2 is 0.734 bits per heavy atom. The number of carbonyl (C=O) groups excluding carboxylic acids is 3. The van der Waals surface area contributed by atoms with E-state index in [9.17, 15) is 34.5 Å². The molecule has 0 saturated carbocycles. The second-order valence-corrected chi connectivity index (χ2v) is 23.5. The number of carboxylic acid groups (broad SMARTS) is 1. The molecule has 12 heteroatoms. The number of rotatable bonds is 59. The zero-order valence-corrected chi connectivity index (χ0v) is 51.4. The third kappa shape index (κ3) is 45.6. The lowest BCUT2D eigenvalue weighted by Crippen LogP contribution is -2.61. The smallest absolute Gasteiger partial charge is 0.335 e. The van der Waals surface area contributed by atoms with Gasteiger partial charge in [0, 0.05) is 19.3 Å². The Morgan fingerprint density at radius 3 is 1.11 bits per heavy atom. The molecule has 1 aliphatic heterocycles. The normalized spacial score (nSPS) is 17.8. The first kappa shape index (κ1) is 74.5. The summed E-state index contributed by atoms with van der Waals surface area (Å²) in [6.45, 7) is 6.02. The Balaban J connectivity index is 2.57. The van der Waals surface area contributed by atoms with Gasteiger partial charge < -0.3 is 39.0 Å². The Kier molecular flexibility index (Phi) is 52.8. The van der Waals surface area contributed by atoms with Gasteiger partial charge in [0.05, 0.1) is 6.61 Å². The van der Waals surface area contributed by atoms with Gasteiger partial charge in [0.1, 0.15) is 18.8 Å². The molecule has 0 amide bonds. The largest absolute Gasteiger partial charge is 0.479 e. The van der Waals surface area contributed by atoms with Crippen LogP contribution in [0.1, 0.15) is 342 Å². The van der Waals surface area contributed by atoms with Gasteiger partial charge in [0.2, 0.25) is 0 Å². The van der Waals surface area contributed by atoms with Crippen LogP contribution in [-0.4, -0.2) is 89.2 Å². The van der Waals surface area contributed by atoms with Crippen molar-refractivity contribution in [3.05, 3.63) is 12.2 Å². The summed E-state index contributed by atoms with van der Waals surface area (Å²) in [5, 5.41) is 31.6. The van der Waals surface area contributed by atoms with Crippen molar-refractivity contribution in [2.45, 2.75) is 379 Å². The van der Waals surface area contributed by atoms with Gasteiger partial charge in [-0.05, 0) is 38.5 Å². The second kappa shape index (κ2) is 56.0. The zero-order valence-electron chi connectivity index (χ0n) is 51.4. The average Bonchev–Trinajstić information content (AvgIpc) is 3.47. The van der Waals surface area contributed by atoms with Crippen molar-refractivity contribution in [2.75, 3.05) is 13.2 Å². The molecule has 0 spiro atoms. The molecule has 0 aliphatic carbocycles. The number of aliphatic carboxylic acids is 1. The molecule has 0 radical (unpaired) electrons. The van der Waals surface area contributed by atoms with Crippen LogP contribution in [0, 0.1) is 0 Å². The fourth-order valence-corrected chi connectivity index (χ4v) is 10.6. The maximum absolute atomic E-state index is 13.1. The molecule has 0 aromatic heterocycles. The number of esters is 3. The molecular formula is C67H124O12. The van der Waals surface area contributed by atoms with Crippen molar-refractivity contribution < 1.29 is 58.2 Å². The fourth-order valence-electron chi connectivity index (χ4n) is 10.6. The lowest BCUT2D eigenvalue weighted by Gasteiger charge is -2.40. The van der Waals surface area contributed by atoms with Gasteiger partial charge in [-0.2, -0.15) is 0 Å². The van der Waals surface area contributed by atoms with E-state index in [0.29, 0.717) is 19.3 Å². The molecule has 0 aromatic carbocycles. The first-order chi connectivity index (χ1) is 38.6. The fraction of sp³-hybridized carbons (Fsp3) is 0.910. The van der Waals surface area contributed by atoms with Crippen LogP contribution >= 0.6 is 0 Å². The maximum atomic E-state index is 13.1. The van der Waals surface area contributed by atoms with E-state index in [0.717, 1.165) is 77.0 Å². The number of aliphatic hydroxyl groups is 2. The first-order valence-electron chi connectivity index (χ1n) is 33.7. The lowest BCUT2D eigenvalue weighted by molar-refractivity contribution is -0.301. The number of unbranched alkanes of at least 4 members (excludes halogenated alkanes) is 43. The molecular weight excluding hydrogens is 997 g/mol. The van der Waals surface area contributed by atoms with Gasteiger partial charge in [-0.15, -0.1) is 0 Å². The summed E-state index contributed by atoms with van der Waals surface area (Å²) < 4.78 is 28.5. The molecule has 464 valence electrons. The SMILES string of the molecule is CCCC/C=C\CCCCCCCC(=O)OC(COC(=O)CCCCCCCCCCCCCCCCCCCCC)COC1OC(C(=O)O)C(O)C(O)C1OC(=O)CCCCCCCCCCCCCCCCCCCCC. The molecule has 6 unspecified atom stereocenters. The van der Waals surface area contributed by atoms with E-state index >= 15 is 0 Å². The highest BCUT2D eigenvalue weighted by molar-refractivity contribution is 5.74. The van der Waals surface area contributed by atoms with E-state index in [-0.39, 0.29) is 25.9 Å². The predicted molar refractivity (Wildman–Crippen MR) is 322 cm³/mol. The summed E-state index contributed by atoms with van der Waals surface area (Å²) in [6, 6.07) is 0. The van der Waals surface area contributed by atoms with E-state index in [1.54, 1.807) is 0 Å². The highest BCUT2D eigenvalue weighted by atomic mass is 16.7. The van der Waals surface area contributed by atoms with Crippen LogP contribution in [-0.2, 0) is 42.9 Å². The van der Waals surface area contributed by atoms with E-state index in [1.807, 2.05) is 0 Å². The van der Waals surface area contributed by atoms with Crippen LogP contribution in [0.4, 0.5) is 0 Å². The van der Waals surface area contributed by atoms with Crippen LogP contribution in [0.2, 0.25) is 0 Å². The van der Waals surface area contributed by atoms with E-state index in [1.165, 1.54) is 205 Å². The summed E-state index contributed by atoms with van der Waals surface area (Å²) >= 11 is 0. The molecule has 0 aromatic rings. The molecule has 6 atom stereocenters. The van der Waals surface area contributed by atoms with E-state index in [4.69, 9.17) is 23.7 Å². The monoisotopic (exact) mass is 1120 g/mol. The second-order valence-electron chi connectivity index (χ2n) is 23.5. The standard InChI is InChI=1S/C67H124O12/c1-4-7-10-13-16-19-22-24-26-28-30-32-34-36-39-41-44-47-50-53-59(68)75-56-58(77-60(69)54-51-48-45-42-38-21-18-15-12-9-6-3)57-76-67-65(63(72)62(71)64(79-67)66(73)74)78-61(70)55-52-49-46-43-40-37-35-33-31-29-27-25-23-20-17-14-11-8-5-2/h15,18,58,62-65,67,71-72H,4-14,16-17,19-57H2,1-3H3,(H,73,74)/b18-15-. The van der Waals surface area contributed by atoms with Crippen LogP contribution in [0.25, 0.3) is 0 Å². The van der Waals surface area contributed by atoms with Gasteiger partial charge in [-0.1, -0.05) is 296 Å². The number of allylic oxidation sites excluding steroid dienone is 2. The van der Waals surface area contributed by atoms with Gasteiger partial charge in [-0.3, -0.25) is 14.4 Å². The summed E-state index contributed by atoms with van der Waals surface area (Å²) in [5.74, 6) is -3.08. The lowest BCUT2D eigenvalue weighted by atomic mass is 9.98. The molecule has 1 rings (SSSR count). The molecule has 1 saturated heterocycles. The number of hydrogen-bond donors (Lipinski definition) is 3. The van der Waals surface area contributed by atoms with Gasteiger partial charge in [0.25, 0.3) is 0 Å². The third-order valence-corrected chi connectivity index (χ3v) is 15.8. The van der Waals surface area contributed by atoms with E-state index in [2.05, 4.69) is 32.9 Å². The number of hydrogen-bond acceptors (Lipinski definition) is 11. The predicted octanol–water partition coefficient (Wildman–Crippen LogP) is 18.0. The van der Waals surface area contributed by atoms with Crippen LogP contribution in [0.15, 0.2) is 12.2 Å². The molecule has 0 bridgehead atoms. The summed E-state index contributed by atoms with van der Waals surface area (Å²) in [4.78, 5) is 51.3. The highest BCUT2D eigenvalue weighted by Crippen LogP contribution is 2.27. The number of carbonyl (C=O) groups is 4. The van der Waals surface area contributed by atoms with Crippen LogP contribution in [0.5, 0.6) is 0 Å². The van der Waals surface area contributed by atoms with Crippen LogP contribution < -0.4 is 0 Å². The minimum Gasteiger partial charge on any atom is -0.479 e. The summed E-state index contributed by atoms with van der Waals surface area (Å²) in [7, 11) is 0. The number of aliphatic hydroxyl groups excluding tert-OH is 2. The van der Waals surface area contributed by atoms with Crippen molar-refractivity contribution in [1.82, 2.24) is 0 Å². The van der Waals surface area contributed by atoms with Crippen molar-refractivity contribution in [1.29, 1.82) is 0 Å². The van der Waals surface area contributed by atoms with Crippen molar-refractivity contribution in [3.63, 3.8) is 0 Å². The molecule has 1 heterocycles. The van der Waals surface area contributed by atoms with Gasteiger partial charge in [-0.25, -0.2) is 4.79 Å². The highest BCUT2D eigenvalue weighted by Gasteiger charge is 2.50. The summed E-state index contributed by atoms with van der Waals surface area (Å²) in [6.07, 6.45) is 51.8. The molecule has 1 aliphatic rings. The Labute approximate surface area is 484 Å². The zero-order chi connectivity index (χ0) is 57.5. The quantitative estimate of drug-likeness (QED) is 0.0228. The van der Waals surface area contributed by atoms with Gasteiger partial charge in [0.15, 0.2) is 24.6 Å². The molecule has 79 heavy (non-hydrogen) atoms. The topological polar surface area (TPSA) is 175 Å². The molecule has 1 fully saturated rings. The van der Waals surface area contributed by atoms with Crippen molar-refractivity contribution in [2.24, 2.45) is 0 Å². The Morgan fingerprint density at radius 1 is 0.405 bits per heavy atom. The van der Waals surface area contributed by atoms with Crippen molar-refractivity contribution in [3.8, 4) is 0 Å². The minimum absolute atomic E-state index is 0.0685. The van der Waals surface area contributed by atoms with E-state index < -0.39 is 67.3 Å². The van der Waals surface area contributed by atoms with Crippen LogP contribution in [0.3, 0.4) is 0 Å². The Bertz CT molecular complexity index is 1420. The molecule has 3 N–H and O–H groups in total. The average molecular weight is 1120 g/mol. The Hall–Kier alpha value is -2.54. The third-order valence-electron chi connectivity index (χ3n) is 15.8. The minimum atomic E-state index is -1.90. The maximum Gasteiger partial charge on any atom is 0.335 e. The molecule has 12 nitrogen and oxygen atoms in total. The summed E-state index contributed by atoms with van der Waals surface area (Å²) in [5.41, 5.74) is 0. The number of ether oxygens (including phenoxy) is 5. The van der Waals surface area contributed by atoms with Gasteiger partial charge >= 0.3 is 23.9 Å². The van der Waals surface area contributed by atoms with Crippen molar-refractivity contribution >= 4 is 23.9 Å².